The molecule has 1 fully saturated rings. The average Bonchev–Trinajstić information content (AvgIpc) is 2.68. The van der Waals surface area contributed by atoms with Crippen LogP contribution in [0.1, 0.15) is 56.9 Å². The highest BCUT2D eigenvalue weighted by atomic mass is 16.2. The highest BCUT2D eigenvalue weighted by Gasteiger charge is 2.19. The van der Waals surface area contributed by atoms with Crippen molar-refractivity contribution in [3.63, 3.8) is 0 Å². The molecule has 3 rings (SSSR count). The van der Waals surface area contributed by atoms with Crippen LogP contribution in [0.5, 0.6) is 0 Å². The fraction of sp³-hybridized carbons (Fsp3) is 0.591. The third-order valence-electron chi connectivity index (χ3n) is 5.47. The molecule has 0 bridgehead atoms. The van der Waals surface area contributed by atoms with Crippen LogP contribution in [-0.4, -0.2) is 46.3 Å². The Morgan fingerprint density at radius 3 is 2.71 bits per heavy atom. The topological polar surface area (TPSA) is 67.2 Å². The zero-order chi connectivity index (χ0) is 20.1. The minimum Gasteiger partial charge on any atom is -0.351 e. The lowest BCUT2D eigenvalue weighted by Gasteiger charge is -2.33. The minimum atomic E-state index is -0.208. The quantitative estimate of drug-likeness (QED) is 0.745. The molecule has 6 heteroatoms. The summed E-state index contributed by atoms with van der Waals surface area (Å²) in [5.74, 6) is 0.0641. The highest BCUT2D eigenvalue weighted by Crippen LogP contribution is 2.16. The number of nitrogens with zero attached hydrogens (tertiary/aromatic N) is 3. The van der Waals surface area contributed by atoms with E-state index in [2.05, 4.69) is 22.2 Å². The fourth-order valence-electron chi connectivity index (χ4n) is 3.93. The van der Waals surface area contributed by atoms with E-state index in [0.717, 1.165) is 19.5 Å². The summed E-state index contributed by atoms with van der Waals surface area (Å²) >= 11 is 0. The number of aromatic nitrogens is 2. The van der Waals surface area contributed by atoms with Crippen LogP contribution in [0.15, 0.2) is 29.1 Å². The van der Waals surface area contributed by atoms with Crippen molar-refractivity contribution in [2.24, 2.45) is 5.92 Å². The summed E-state index contributed by atoms with van der Waals surface area (Å²) in [4.78, 5) is 28.0. The molecule has 152 valence electrons. The number of nitrogens with one attached hydrogen (secondary N) is 1. The maximum absolute atomic E-state index is 12.8. The lowest BCUT2D eigenvalue weighted by Crippen LogP contribution is -2.39. The van der Waals surface area contributed by atoms with E-state index in [1.54, 1.807) is 12.1 Å². The van der Waals surface area contributed by atoms with Crippen LogP contribution in [0.2, 0.25) is 0 Å². The summed E-state index contributed by atoms with van der Waals surface area (Å²) in [6, 6.07) is 7.86. The Hall–Kier alpha value is -2.21. The van der Waals surface area contributed by atoms with Gasteiger partial charge in [0.25, 0.3) is 11.5 Å². The van der Waals surface area contributed by atoms with Crippen molar-refractivity contribution in [2.75, 3.05) is 19.6 Å². The van der Waals surface area contributed by atoms with Gasteiger partial charge in [0.15, 0.2) is 5.69 Å². The molecule has 1 aromatic heterocycles. The van der Waals surface area contributed by atoms with Gasteiger partial charge in [-0.25, -0.2) is 4.68 Å². The van der Waals surface area contributed by atoms with Crippen LogP contribution >= 0.6 is 0 Å². The molecule has 0 radical (unpaired) electrons. The first-order valence-electron chi connectivity index (χ1n) is 10.5. The maximum atomic E-state index is 12.8. The Labute approximate surface area is 166 Å². The molecule has 1 unspecified atom stereocenters. The second-order valence-electron chi connectivity index (χ2n) is 8.27. The number of piperidine rings is 1. The molecule has 1 N–H and O–H groups in total. The van der Waals surface area contributed by atoms with E-state index in [1.165, 1.54) is 23.9 Å². The standard InChI is InChI=1S/C22H32N4O2/c1-16(2)15-26-22(28)19-11-5-4-10-18(19)20(24-26)21(27)23-12-8-14-25-13-7-6-9-17(25)3/h4-5,10-11,16-17H,6-9,12-15H2,1-3H3,(H,23,27). The molecule has 0 saturated carbocycles. The number of benzene rings is 1. The third-order valence-corrected chi connectivity index (χ3v) is 5.47. The van der Waals surface area contributed by atoms with Gasteiger partial charge in [-0.1, -0.05) is 38.5 Å². The Balaban J connectivity index is 1.70. The Bertz CT molecular complexity index is 874. The largest absolute Gasteiger partial charge is 0.351 e. The number of hydrogen-bond donors (Lipinski definition) is 1. The molecular formula is C22H32N4O2. The summed E-state index contributed by atoms with van der Waals surface area (Å²) in [7, 11) is 0. The number of carbonyl (C=O) groups is 1. The van der Waals surface area contributed by atoms with Crippen molar-refractivity contribution in [3.05, 3.63) is 40.3 Å². The van der Waals surface area contributed by atoms with Gasteiger partial charge in [-0.2, -0.15) is 5.10 Å². The Kier molecular flexibility index (Phi) is 6.83. The van der Waals surface area contributed by atoms with Crippen molar-refractivity contribution in [2.45, 2.75) is 59.0 Å². The summed E-state index contributed by atoms with van der Waals surface area (Å²) in [5.41, 5.74) is 0.196. The predicted octanol–water partition coefficient (Wildman–Crippen LogP) is 3.05. The van der Waals surface area contributed by atoms with E-state index in [1.807, 2.05) is 26.0 Å². The number of amides is 1. The van der Waals surface area contributed by atoms with E-state index < -0.39 is 0 Å². The molecule has 1 saturated heterocycles. The highest BCUT2D eigenvalue weighted by molar-refractivity contribution is 6.04. The lowest BCUT2D eigenvalue weighted by atomic mass is 10.0. The second kappa shape index (κ2) is 9.32. The smallest absolute Gasteiger partial charge is 0.274 e. The van der Waals surface area contributed by atoms with E-state index in [9.17, 15) is 9.59 Å². The van der Waals surface area contributed by atoms with E-state index in [4.69, 9.17) is 0 Å². The Morgan fingerprint density at radius 1 is 1.25 bits per heavy atom. The van der Waals surface area contributed by atoms with Crippen molar-refractivity contribution >= 4 is 16.7 Å². The van der Waals surface area contributed by atoms with E-state index in [-0.39, 0.29) is 17.4 Å². The van der Waals surface area contributed by atoms with Crippen LogP contribution in [0, 0.1) is 5.92 Å². The number of fused-ring (bicyclic) bond motifs is 1. The summed E-state index contributed by atoms with van der Waals surface area (Å²) in [6.07, 6.45) is 4.77. The predicted molar refractivity (Wildman–Crippen MR) is 113 cm³/mol. The van der Waals surface area contributed by atoms with Crippen LogP contribution in [0.3, 0.4) is 0 Å². The first-order valence-corrected chi connectivity index (χ1v) is 10.5. The molecule has 2 aromatic rings. The van der Waals surface area contributed by atoms with Gasteiger partial charge >= 0.3 is 0 Å². The maximum Gasteiger partial charge on any atom is 0.274 e. The van der Waals surface area contributed by atoms with Gasteiger partial charge in [-0.15, -0.1) is 0 Å². The molecular weight excluding hydrogens is 352 g/mol. The summed E-state index contributed by atoms with van der Waals surface area (Å²) < 4.78 is 1.43. The molecule has 0 aliphatic carbocycles. The molecule has 0 spiro atoms. The van der Waals surface area contributed by atoms with Gasteiger partial charge < -0.3 is 10.2 Å². The van der Waals surface area contributed by atoms with Gasteiger partial charge in [-0.05, 0) is 44.7 Å². The van der Waals surface area contributed by atoms with Crippen LogP contribution < -0.4 is 10.9 Å². The van der Waals surface area contributed by atoms with Crippen molar-refractivity contribution in [3.8, 4) is 0 Å². The monoisotopic (exact) mass is 384 g/mol. The van der Waals surface area contributed by atoms with Crippen LogP contribution in [-0.2, 0) is 6.54 Å². The first-order chi connectivity index (χ1) is 13.5. The van der Waals surface area contributed by atoms with E-state index >= 15 is 0 Å². The Morgan fingerprint density at radius 2 is 2.00 bits per heavy atom. The van der Waals surface area contributed by atoms with Crippen molar-refractivity contribution < 1.29 is 4.79 Å². The number of likely N-dealkylation sites (tertiary alicyclic amines) is 1. The SMILES string of the molecule is CC(C)Cn1nc(C(=O)NCCCN2CCCCC2C)c2ccccc2c1=O. The van der Waals surface area contributed by atoms with E-state index in [0.29, 0.717) is 35.6 Å². The van der Waals surface area contributed by atoms with Gasteiger partial charge in [0.1, 0.15) is 0 Å². The van der Waals surface area contributed by atoms with Gasteiger partial charge in [0.05, 0.1) is 5.39 Å². The summed E-state index contributed by atoms with van der Waals surface area (Å²) in [6.45, 7) is 9.61. The molecule has 1 atom stereocenters. The molecule has 1 amide bonds. The zero-order valence-electron chi connectivity index (χ0n) is 17.3. The lowest BCUT2D eigenvalue weighted by molar-refractivity contribution is 0.0943. The fourth-order valence-corrected chi connectivity index (χ4v) is 3.93. The normalized spacial score (nSPS) is 17.9. The van der Waals surface area contributed by atoms with Gasteiger partial charge in [-0.3, -0.25) is 9.59 Å². The molecule has 1 aliphatic heterocycles. The number of carbonyl (C=O) groups excluding carboxylic acids is 1. The first kappa shape index (κ1) is 20.5. The van der Waals surface area contributed by atoms with Gasteiger partial charge in [0, 0.05) is 31.1 Å². The summed E-state index contributed by atoms with van der Waals surface area (Å²) in [5, 5.41) is 8.57. The number of hydrogen-bond acceptors (Lipinski definition) is 4. The van der Waals surface area contributed by atoms with Crippen LogP contribution in [0.25, 0.3) is 10.8 Å². The molecule has 2 heterocycles. The molecule has 6 nitrogen and oxygen atoms in total. The molecule has 1 aromatic carbocycles. The third kappa shape index (κ3) is 4.79. The molecule has 28 heavy (non-hydrogen) atoms. The van der Waals surface area contributed by atoms with Crippen molar-refractivity contribution in [1.29, 1.82) is 0 Å². The van der Waals surface area contributed by atoms with Gasteiger partial charge in [0.2, 0.25) is 0 Å². The average molecular weight is 385 g/mol. The molecule has 1 aliphatic rings. The van der Waals surface area contributed by atoms with Crippen LogP contribution in [0.4, 0.5) is 0 Å². The second-order valence-corrected chi connectivity index (χ2v) is 8.27. The minimum absolute atomic E-state index is 0.139. The van der Waals surface area contributed by atoms with Crippen molar-refractivity contribution in [1.82, 2.24) is 20.0 Å². The zero-order valence-corrected chi connectivity index (χ0v) is 17.3. The number of rotatable bonds is 7.